The Labute approximate surface area is 205 Å². The first-order chi connectivity index (χ1) is 16.7. The molecule has 6 nitrogen and oxygen atoms in total. The number of rotatable bonds is 8. The second kappa shape index (κ2) is 10.6. The van der Waals surface area contributed by atoms with Gasteiger partial charge in [0.25, 0.3) is 0 Å². The molecular weight excluding hydrogens is 444 g/mol. The molecule has 1 fully saturated rings. The lowest BCUT2D eigenvalue weighted by Gasteiger charge is -2.32. The Bertz CT molecular complexity index is 1220. The van der Waals surface area contributed by atoms with Crippen LogP contribution in [0.2, 0.25) is 5.15 Å². The Morgan fingerprint density at radius 2 is 1.94 bits per heavy atom. The van der Waals surface area contributed by atoms with Crippen molar-refractivity contribution in [3.05, 3.63) is 77.7 Å². The number of benzene rings is 1. The molecule has 0 aliphatic heterocycles. The summed E-state index contributed by atoms with van der Waals surface area (Å²) in [6.07, 6.45) is 8.35. The molecule has 1 aliphatic rings. The Hall–Kier alpha value is -2.93. The Morgan fingerprint density at radius 1 is 1.09 bits per heavy atom. The van der Waals surface area contributed by atoms with Crippen LogP contribution in [-0.4, -0.2) is 40.6 Å². The monoisotopic (exact) mass is 474 g/mol. The molecule has 1 aromatic carbocycles. The Kier molecular flexibility index (Phi) is 7.09. The van der Waals surface area contributed by atoms with Crippen LogP contribution in [-0.2, 0) is 0 Å². The van der Waals surface area contributed by atoms with Crippen molar-refractivity contribution in [2.24, 2.45) is 0 Å². The summed E-state index contributed by atoms with van der Waals surface area (Å²) in [7, 11) is 2.02. The van der Waals surface area contributed by atoms with E-state index in [1.54, 1.807) is 6.20 Å². The number of halogens is 1. The van der Waals surface area contributed by atoms with Crippen molar-refractivity contribution in [3.8, 4) is 11.1 Å². The Morgan fingerprint density at radius 3 is 2.79 bits per heavy atom. The van der Waals surface area contributed by atoms with Gasteiger partial charge in [-0.25, -0.2) is 9.97 Å². The number of aromatic nitrogens is 3. The molecule has 0 amide bonds. The molecule has 0 bridgehead atoms. The van der Waals surface area contributed by atoms with Gasteiger partial charge < -0.3 is 20.9 Å². The topological polar surface area (TPSA) is 77.7 Å². The van der Waals surface area contributed by atoms with Gasteiger partial charge in [-0.15, -0.1) is 0 Å². The second-order valence-electron chi connectivity index (χ2n) is 9.03. The number of anilines is 1. The molecule has 0 spiro atoms. The minimum Gasteiger partial charge on any atom is -0.367 e. The number of aromatic amines is 1. The van der Waals surface area contributed by atoms with Gasteiger partial charge in [0.1, 0.15) is 16.6 Å². The van der Waals surface area contributed by atoms with E-state index in [2.05, 4.69) is 73.4 Å². The average Bonchev–Trinajstić information content (AvgIpc) is 3.29. The highest BCUT2D eigenvalue weighted by Gasteiger charge is 2.23. The number of fused-ring (bicyclic) bond motifs is 1. The van der Waals surface area contributed by atoms with Crippen LogP contribution in [0.4, 0.5) is 5.82 Å². The number of hydrogen-bond donors (Lipinski definition) is 4. The molecule has 0 saturated heterocycles. The van der Waals surface area contributed by atoms with Gasteiger partial charge in [0.2, 0.25) is 0 Å². The summed E-state index contributed by atoms with van der Waals surface area (Å²) < 4.78 is 0. The fraction of sp³-hybridized carbons (Fsp3) is 0.333. The number of nitrogens with zero attached hydrogens (tertiary/aromatic N) is 2. The summed E-state index contributed by atoms with van der Waals surface area (Å²) in [6, 6.07) is 19.8. The number of likely N-dealkylation sites (N-methyl/N-ethyl adjacent to an activating group) is 1. The average molecular weight is 475 g/mol. The molecule has 7 heteroatoms. The summed E-state index contributed by atoms with van der Waals surface area (Å²) in [5.41, 5.74) is 4.30. The number of pyridine rings is 2. The van der Waals surface area contributed by atoms with Crippen molar-refractivity contribution in [2.45, 2.75) is 43.8 Å². The summed E-state index contributed by atoms with van der Waals surface area (Å²) in [4.78, 5) is 12.2. The number of H-pyrrole nitrogens is 1. The third-order valence-corrected chi connectivity index (χ3v) is 6.94. The molecule has 3 heterocycles. The van der Waals surface area contributed by atoms with Gasteiger partial charge in [-0.2, -0.15) is 0 Å². The van der Waals surface area contributed by atoms with Gasteiger partial charge in [-0.05, 0) is 68.1 Å². The molecule has 4 aromatic rings. The molecule has 3 aromatic heterocycles. The smallest absolute Gasteiger partial charge is 0.137 e. The lowest BCUT2D eigenvalue weighted by Crippen LogP contribution is -2.42. The summed E-state index contributed by atoms with van der Waals surface area (Å²) in [6.45, 7) is 0.909. The first kappa shape index (κ1) is 22.8. The molecule has 3 atom stereocenters. The molecule has 34 heavy (non-hydrogen) atoms. The third kappa shape index (κ3) is 5.25. The fourth-order valence-corrected chi connectivity index (χ4v) is 5.20. The van der Waals surface area contributed by atoms with E-state index in [-0.39, 0.29) is 0 Å². The molecule has 176 valence electrons. The van der Waals surface area contributed by atoms with Crippen LogP contribution < -0.4 is 16.0 Å². The van der Waals surface area contributed by atoms with Crippen LogP contribution in [0.15, 0.2) is 67.0 Å². The van der Waals surface area contributed by atoms with Crippen molar-refractivity contribution in [1.82, 2.24) is 25.6 Å². The molecule has 1 saturated carbocycles. The zero-order chi connectivity index (χ0) is 23.3. The molecular formula is C27H31ClN6. The van der Waals surface area contributed by atoms with Crippen LogP contribution >= 0.6 is 11.6 Å². The third-order valence-electron chi connectivity index (χ3n) is 6.74. The van der Waals surface area contributed by atoms with Crippen molar-refractivity contribution >= 4 is 28.5 Å². The zero-order valence-electron chi connectivity index (χ0n) is 19.4. The van der Waals surface area contributed by atoms with Crippen molar-refractivity contribution in [2.75, 3.05) is 18.9 Å². The van der Waals surface area contributed by atoms with Crippen LogP contribution in [0.5, 0.6) is 0 Å². The molecule has 0 radical (unpaired) electrons. The van der Waals surface area contributed by atoms with E-state index in [1.807, 2.05) is 25.4 Å². The van der Waals surface area contributed by atoms with Crippen molar-refractivity contribution in [1.29, 1.82) is 0 Å². The number of nitrogens with one attached hydrogen (secondary N) is 4. The van der Waals surface area contributed by atoms with E-state index in [4.69, 9.17) is 11.6 Å². The van der Waals surface area contributed by atoms with E-state index >= 15 is 0 Å². The maximum atomic E-state index is 6.43. The van der Waals surface area contributed by atoms with E-state index in [9.17, 15) is 0 Å². The van der Waals surface area contributed by atoms with Gasteiger partial charge in [0, 0.05) is 48.0 Å². The lowest BCUT2D eigenvalue weighted by atomic mass is 9.90. The highest BCUT2D eigenvalue weighted by molar-refractivity contribution is 6.29. The van der Waals surface area contributed by atoms with E-state index in [0.717, 1.165) is 47.4 Å². The number of hydrogen-bond acceptors (Lipinski definition) is 5. The van der Waals surface area contributed by atoms with Crippen LogP contribution in [0.1, 0.15) is 37.3 Å². The van der Waals surface area contributed by atoms with Crippen LogP contribution in [0.3, 0.4) is 0 Å². The minimum absolute atomic E-state index is 0.303. The summed E-state index contributed by atoms with van der Waals surface area (Å²) in [5, 5.41) is 12.5. The minimum atomic E-state index is 0.303. The van der Waals surface area contributed by atoms with E-state index in [0.29, 0.717) is 23.3 Å². The molecule has 4 N–H and O–H groups in total. The van der Waals surface area contributed by atoms with Crippen molar-refractivity contribution < 1.29 is 0 Å². The Balaban J connectivity index is 1.25. The van der Waals surface area contributed by atoms with E-state index in [1.165, 1.54) is 18.4 Å². The predicted molar refractivity (Wildman–Crippen MR) is 140 cm³/mol. The largest absolute Gasteiger partial charge is 0.367 e. The highest BCUT2D eigenvalue weighted by atomic mass is 35.5. The SMILES string of the molecule is CN[C@@H](CN[C@H]1CCC[C@H](Nc2cc(-c3c[nH]c4ncccc34)cc(Cl)n2)C1)c1ccccc1. The summed E-state index contributed by atoms with van der Waals surface area (Å²) in [5.74, 6) is 0.823. The summed E-state index contributed by atoms with van der Waals surface area (Å²) >= 11 is 6.43. The van der Waals surface area contributed by atoms with E-state index < -0.39 is 0 Å². The standard InChI is InChI=1S/C27H31ClN6/c1-29-24(18-7-3-2-4-8-18)17-31-20-9-5-10-21(15-20)33-26-14-19(13-25(28)34-26)23-16-32-27-22(23)11-6-12-30-27/h2-4,6-8,11-14,16,20-21,24,29,31H,5,9-10,15,17H2,1H3,(H,30,32)(H,33,34)/t20-,21-,24-/m0/s1. The maximum absolute atomic E-state index is 6.43. The first-order valence-corrected chi connectivity index (χ1v) is 12.4. The van der Waals surface area contributed by atoms with Gasteiger partial charge in [-0.1, -0.05) is 41.9 Å². The highest BCUT2D eigenvalue weighted by Crippen LogP contribution is 2.31. The van der Waals surface area contributed by atoms with Gasteiger partial charge in [-0.3, -0.25) is 0 Å². The first-order valence-electron chi connectivity index (χ1n) is 12.0. The van der Waals surface area contributed by atoms with Crippen LogP contribution in [0, 0.1) is 0 Å². The normalized spacial score (nSPS) is 19.2. The molecule has 5 rings (SSSR count). The van der Waals surface area contributed by atoms with Crippen molar-refractivity contribution in [3.63, 3.8) is 0 Å². The van der Waals surface area contributed by atoms with Gasteiger partial charge in [0.05, 0.1) is 0 Å². The van der Waals surface area contributed by atoms with Gasteiger partial charge >= 0.3 is 0 Å². The van der Waals surface area contributed by atoms with Crippen LogP contribution in [0.25, 0.3) is 22.2 Å². The van der Waals surface area contributed by atoms with Gasteiger partial charge in [0.15, 0.2) is 0 Å². The molecule has 0 unspecified atom stereocenters. The second-order valence-corrected chi connectivity index (χ2v) is 9.42. The predicted octanol–water partition coefficient (Wildman–Crippen LogP) is 5.55. The maximum Gasteiger partial charge on any atom is 0.137 e. The quantitative estimate of drug-likeness (QED) is 0.252. The molecule has 1 aliphatic carbocycles. The zero-order valence-corrected chi connectivity index (χ0v) is 20.1. The lowest BCUT2D eigenvalue weighted by molar-refractivity contribution is 0.339. The fourth-order valence-electron chi connectivity index (χ4n) is 4.99.